The molecule has 4 heteroatoms. The normalized spacial score (nSPS) is 13.7. The van der Waals surface area contributed by atoms with Crippen LogP contribution in [0, 0.1) is 0 Å². The SMILES string of the molecule is CCCCCCCCCCCCC[C@H](O)C[C@@H](O)COC(C)=O. The van der Waals surface area contributed by atoms with E-state index < -0.39 is 18.2 Å². The Morgan fingerprint density at radius 2 is 1.30 bits per heavy atom. The summed E-state index contributed by atoms with van der Waals surface area (Å²) < 4.78 is 4.72. The molecule has 0 rings (SSSR count). The number of ether oxygens (including phenoxy) is 1. The van der Waals surface area contributed by atoms with Gasteiger partial charge in [0.05, 0.1) is 12.2 Å². The van der Waals surface area contributed by atoms with Crippen molar-refractivity contribution in [3.63, 3.8) is 0 Å². The van der Waals surface area contributed by atoms with Gasteiger partial charge in [-0.3, -0.25) is 4.79 Å². The fourth-order valence-electron chi connectivity index (χ4n) is 2.76. The van der Waals surface area contributed by atoms with Crippen molar-refractivity contribution in [1.82, 2.24) is 0 Å². The van der Waals surface area contributed by atoms with Crippen molar-refractivity contribution in [2.45, 2.75) is 110 Å². The minimum atomic E-state index is -0.762. The van der Waals surface area contributed by atoms with Crippen LogP contribution in [0.4, 0.5) is 0 Å². The third kappa shape index (κ3) is 17.6. The highest BCUT2D eigenvalue weighted by atomic mass is 16.5. The van der Waals surface area contributed by atoms with E-state index in [-0.39, 0.29) is 13.0 Å². The van der Waals surface area contributed by atoms with Gasteiger partial charge in [-0.2, -0.15) is 0 Å². The first-order valence-electron chi connectivity index (χ1n) is 9.55. The van der Waals surface area contributed by atoms with Crippen molar-refractivity contribution in [3.05, 3.63) is 0 Å². The van der Waals surface area contributed by atoms with Crippen LogP contribution in [0.15, 0.2) is 0 Å². The van der Waals surface area contributed by atoms with Gasteiger partial charge in [-0.15, -0.1) is 0 Å². The Kier molecular flexibility index (Phi) is 15.8. The first-order chi connectivity index (χ1) is 11.1. The Labute approximate surface area is 142 Å². The summed E-state index contributed by atoms with van der Waals surface area (Å²) in [7, 11) is 0. The molecule has 0 heterocycles. The molecular formula is C19H38O4. The molecular weight excluding hydrogens is 292 g/mol. The molecule has 0 saturated carbocycles. The number of carbonyl (C=O) groups excluding carboxylic acids is 1. The van der Waals surface area contributed by atoms with Crippen LogP contribution in [0.25, 0.3) is 0 Å². The van der Waals surface area contributed by atoms with Crippen molar-refractivity contribution in [2.75, 3.05) is 6.61 Å². The predicted octanol–water partition coefficient (Wildman–Crippen LogP) is 4.36. The number of unbranched alkanes of at least 4 members (excludes halogenated alkanes) is 10. The highest BCUT2D eigenvalue weighted by Crippen LogP contribution is 2.13. The van der Waals surface area contributed by atoms with Gasteiger partial charge >= 0.3 is 5.97 Å². The van der Waals surface area contributed by atoms with Crippen molar-refractivity contribution < 1.29 is 19.7 Å². The molecule has 4 nitrogen and oxygen atoms in total. The average molecular weight is 331 g/mol. The first kappa shape index (κ1) is 22.4. The summed E-state index contributed by atoms with van der Waals surface area (Å²) in [5.74, 6) is -0.399. The molecule has 0 amide bonds. The molecule has 0 aromatic rings. The molecule has 0 unspecified atom stereocenters. The second-order valence-electron chi connectivity index (χ2n) is 6.67. The fraction of sp³-hybridized carbons (Fsp3) is 0.947. The maximum Gasteiger partial charge on any atom is 0.302 e. The second-order valence-corrected chi connectivity index (χ2v) is 6.67. The quantitative estimate of drug-likeness (QED) is 0.326. The van der Waals surface area contributed by atoms with E-state index in [1.165, 1.54) is 64.7 Å². The summed E-state index contributed by atoms with van der Waals surface area (Å²) >= 11 is 0. The van der Waals surface area contributed by atoms with E-state index in [2.05, 4.69) is 6.92 Å². The number of aliphatic hydroxyl groups is 2. The molecule has 0 saturated heterocycles. The van der Waals surface area contributed by atoms with Crippen LogP contribution in [-0.2, 0) is 9.53 Å². The van der Waals surface area contributed by atoms with Gasteiger partial charge < -0.3 is 14.9 Å². The van der Waals surface area contributed by atoms with E-state index in [1.807, 2.05) is 0 Å². The maximum atomic E-state index is 10.6. The first-order valence-corrected chi connectivity index (χ1v) is 9.55. The zero-order chi connectivity index (χ0) is 17.3. The summed E-state index contributed by atoms with van der Waals surface area (Å²) in [6, 6.07) is 0. The van der Waals surface area contributed by atoms with E-state index in [0.29, 0.717) is 6.42 Å². The highest BCUT2D eigenvalue weighted by Gasteiger charge is 2.12. The van der Waals surface area contributed by atoms with Crippen LogP contribution < -0.4 is 0 Å². The number of rotatable bonds is 16. The van der Waals surface area contributed by atoms with Crippen LogP contribution in [0.1, 0.15) is 97.3 Å². The molecule has 0 aromatic carbocycles. The lowest BCUT2D eigenvalue weighted by Gasteiger charge is -2.15. The van der Waals surface area contributed by atoms with Gasteiger partial charge in [0.1, 0.15) is 6.61 Å². The van der Waals surface area contributed by atoms with Crippen molar-refractivity contribution in [3.8, 4) is 0 Å². The fourth-order valence-corrected chi connectivity index (χ4v) is 2.76. The molecule has 2 atom stereocenters. The van der Waals surface area contributed by atoms with Gasteiger partial charge in [-0.05, 0) is 6.42 Å². The van der Waals surface area contributed by atoms with Gasteiger partial charge in [0, 0.05) is 13.3 Å². The molecule has 0 fully saturated rings. The van der Waals surface area contributed by atoms with Crippen molar-refractivity contribution >= 4 is 5.97 Å². The molecule has 0 radical (unpaired) electrons. The minimum absolute atomic E-state index is 0.0232. The van der Waals surface area contributed by atoms with Crippen molar-refractivity contribution in [1.29, 1.82) is 0 Å². The number of aliphatic hydroxyl groups excluding tert-OH is 2. The number of carbonyl (C=O) groups is 1. The van der Waals surface area contributed by atoms with Crippen molar-refractivity contribution in [2.24, 2.45) is 0 Å². The molecule has 23 heavy (non-hydrogen) atoms. The third-order valence-corrected chi connectivity index (χ3v) is 4.16. The highest BCUT2D eigenvalue weighted by molar-refractivity contribution is 5.65. The second kappa shape index (κ2) is 16.3. The lowest BCUT2D eigenvalue weighted by Crippen LogP contribution is -2.23. The van der Waals surface area contributed by atoms with E-state index >= 15 is 0 Å². The molecule has 0 bridgehead atoms. The standard InChI is InChI=1S/C19H38O4/c1-3-4-5-6-7-8-9-10-11-12-13-14-18(21)15-19(22)16-23-17(2)20/h18-19,21-22H,3-16H2,1-2H3/t18-,19+/m0/s1. The summed E-state index contributed by atoms with van der Waals surface area (Å²) in [5, 5.41) is 19.4. The summed E-state index contributed by atoms with van der Waals surface area (Å²) in [5.41, 5.74) is 0. The number of hydrogen-bond acceptors (Lipinski definition) is 4. The largest absolute Gasteiger partial charge is 0.463 e. The van der Waals surface area contributed by atoms with Crippen LogP contribution in [-0.4, -0.2) is 35.0 Å². The zero-order valence-corrected chi connectivity index (χ0v) is 15.3. The Balaban J connectivity index is 3.29. The van der Waals surface area contributed by atoms with Crippen LogP contribution in [0.2, 0.25) is 0 Å². The van der Waals surface area contributed by atoms with E-state index in [0.717, 1.165) is 12.8 Å². The lowest BCUT2D eigenvalue weighted by molar-refractivity contribution is -0.144. The van der Waals surface area contributed by atoms with Crippen LogP contribution in [0.5, 0.6) is 0 Å². The topological polar surface area (TPSA) is 66.8 Å². The van der Waals surface area contributed by atoms with E-state index in [9.17, 15) is 15.0 Å². The van der Waals surface area contributed by atoms with Gasteiger partial charge in [-0.25, -0.2) is 0 Å². The molecule has 2 N–H and O–H groups in total. The van der Waals surface area contributed by atoms with Gasteiger partial charge in [0.15, 0.2) is 0 Å². The summed E-state index contributed by atoms with van der Waals surface area (Å²) in [6.45, 7) is 3.54. The number of esters is 1. The molecule has 0 aliphatic rings. The molecule has 138 valence electrons. The Hall–Kier alpha value is -0.610. The van der Waals surface area contributed by atoms with Crippen LogP contribution in [0.3, 0.4) is 0 Å². The van der Waals surface area contributed by atoms with Gasteiger partial charge in [0.25, 0.3) is 0 Å². The molecule has 0 aliphatic heterocycles. The lowest BCUT2D eigenvalue weighted by atomic mass is 10.0. The van der Waals surface area contributed by atoms with Crippen LogP contribution >= 0.6 is 0 Å². The van der Waals surface area contributed by atoms with Gasteiger partial charge in [-0.1, -0.05) is 77.6 Å². The summed E-state index contributed by atoms with van der Waals surface area (Å²) in [4.78, 5) is 10.6. The average Bonchev–Trinajstić information content (AvgIpc) is 2.50. The Bertz CT molecular complexity index is 268. The minimum Gasteiger partial charge on any atom is -0.463 e. The number of hydrogen-bond donors (Lipinski definition) is 2. The Morgan fingerprint density at radius 1 is 0.826 bits per heavy atom. The smallest absolute Gasteiger partial charge is 0.302 e. The third-order valence-electron chi connectivity index (χ3n) is 4.16. The van der Waals surface area contributed by atoms with E-state index in [1.54, 1.807) is 0 Å². The Morgan fingerprint density at radius 3 is 1.78 bits per heavy atom. The predicted molar refractivity (Wildman–Crippen MR) is 94.3 cm³/mol. The molecule has 0 aliphatic carbocycles. The monoisotopic (exact) mass is 330 g/mol. The van der Waals surface area contributed by atoms with E-state index in [4.69, 9.17) is 4.74 Å². The molecule has 0 spiro atoms. The maximum absolute atomic E-state index is 10.6. The zero-order valence-electron chi connectivity index (χ0n) is 15.3. The van der Waals surface area contributed by atoms with Gasteiger partial charge in [0.2, 0.25) is 0 Å². The summed E-state index contributed by atoms with van der Waals surface area (Å²) in [6.07, 6.45) is 13.9. The molecule has 0 aromatic heterocycles.